The second-order valence-corrected chi connectivity index (χ2v) is 5.29. The highest BCUT2D eigenvalue weighted by atomic mass is 16.3. The fourth-order valence-corrected chi connectivity index (χ4v) is 2.99. The van der Waals surface area contributed by atoms with E-state index in [4.69, 9.17) is 8.83 Å². The molecule has 1 N–H and O–H groups in total. The lowest BCUT2D eigenvalue weighted by Crippen LogP contribution is -2.42. The molecule has 1 saturated heterocycles. The molecule has 4 heteroatoms. The van der Waals surface area contributed by atoms with Crippen LogP contribution in [0.4, 0.5) is 0 Å². The van der Waals surface area contributed by atoms with Crippen LogP contribution in [0.5, 0.6) is 0 Å². The summed E-state index contributed by atoms with van der Waals surface area (Å²) in [4.78, 5) is 12.5. The molecule has 0 amide bonds. The molecule has 0 bridgehead atoms. The first-order valence-corrected chi connectivity index (χ1v) is 7.15. The van der Waals surface area contributed by atoms with Crippen LogP contribution in [0, 0.1) is 5.92 Å². The third-order valence-corrected chi connectivity index (χ3v) is 3.94. The minimum atomic E-state index is -0.0688. The fraction of sp³-hybridized carbons (Fsp3) is 0.438. The molecule has 0 saturated carbocycles. The van der Waals surface area contributed by atoms with E-state index in [1.807, 2.05) is 24.3 Å². The van der Waals surface area contributed by atoms with Crippen LogP contribution in [0.3, 0.4) is 0 Å². The summed E-state index contributed by atoms with van der Waals surface area (Å²) in [7, 11) is 0. The Morgan fingerprint density at radius 1 is 1.20 bits per heavy atom. The van der Waals surface area contributed by atoms with Gasteiger partial charge in [-0.1, -0.05) is 13.3 Å². The first-order chi connectivity index (χ1) is 9.79. The van der Waals surface area contributed by atoms with Crippen molar-refractivity contribution in [2.45, 2.75) is 38.3 Å². The summed E-state index contributed by atoms with van der Waals surface area (Å²) in [6.07, 6.45) is 5.64. The zero-order valence-corrected chi connectivity index (χ0v) is 11.5. The number of hydrogen-bond acceptors (Lipinski definition) is 4. The van der Waals surface area contributed by atoms with Gasteiger partial charge < -0.3 is 8.83 Å². The lowest BCUT2D eigenvalue weighted by atomic mass is 9.81. The second-order valence-electron chi connectivity index (χ2n) is 5.29. The SMILES string of the molecule is CCC[C@@H]1C(=O)C[C@H](c2ccco2)N[C@@H]1c1ccco1. The number of Topliss-reactive ketones (excluding diaryl/α,β-unsaturated/α-hetero) is 1. The summed E-state index contributed by atoms with van der Waals surface area (Å²) in [6.45, 7) is 2.10. The Bertz CT molecular complexity index is 544. The van der Waals surface area contributed by atoms with Gasteiger partial charge in [0.25, 0.3) is 0 Å². The molecule has 1 aliphatic heterocycles. The highest BCUT2D eigenvalue weighted by molar-refractivity contribution is 5.83. The largest absolute Gasteiger partial charge is 0.468 e. The molecular weight excluding hydrogens is 254 g/mol. The van der Waals surface area contributed by atoms with Crippen molar-refractivity contribution in [3.63, 3.8) is 0 Å². The van der Waals surface area contributed by atoms with Crippen LogP contribution in [0.1, 0.15) is 49.8 Å². The molecule has 0 aromatic carbocycles. The number of rotatable bonds is 4. The Morgan fingerprint density at radius 3 is 2.50 bits per heavy atom. The molecule has 3 heterocycles. The number of carbonyl (C=O) groups is 1. The van der Waals surface area contributed by atoms with Crippen molar-refractivity contribution in [3.8, 4) is 0 Å². The van der Waals surface area contributed by atoms with Crippen molar-refractivity contribution in [3.05, 3.63) is 48.3 Å². The van der Waals surface area contributed by atoms with Gasteiger partial charge in [-0.25, -0.2) is 0 Å². The predicted octanol–water partition coefficient (Wildman–Crippen LogP) is 3.63. The first kappa shape index (κ1) is 13.2. The molecule has 1 fully saturated rings. The summed E-state index contributed by atoms with van der Waals surface area (Å²) in [5.74, 6) is 1.91. The van der Waals surface area contributed by atoms with Crippen molar-refractivity contribution < 1.29 is 13.6 Å². The number of ketones is 1. The average Bonchev–Trinajstić information content (AvgIpc) is 3.14. The molecule has 3 atom stereocenters. The number of carbonyl (C=O) groups excluding carboxylic acids is 1. The summed E-state index contributed by atoms with van der Waals surface area (Å²) >= 11 is 0. The van der Waals surface area contributed by atoms with E-state index >= 15 is 0 Å². The van der Waals surface area contributed by atoms with E-state index in [9.17, 15) is 4.79 Å². The molecule has 0 aliphatic carbocycles. The average molecular weight is 273 g/mol. The second kappa shape index (κ2) is 5.67. The molecule has 0 radical (unpaired) electrons. The highest BCUT2D eigenvalue weighted by Crippen LogP contribution is 2.37. The smallest absolute Gasteiger partial charge is 0.140 e. The Labute approximate surface area is 118 Å². The van der Waals surface area contributed by atoms with Gasteiger partial charge in [-0.3, -0.25) is 10.1 Å². The highest BCUT2D eigenvalue weighted by Gasteiger charge is 2.39. The van der Waals surface area contributed by atoms with Gasteiger partial charge in [0.1, 0.15) is 17.3 Å². The van der Waals surface area contributed by atoms with Gasteiger partial charge in [0.15, 0.2) is 0 Å². The van der Waals surface area contributed by atoms with E-state index in [0.717, 1.165) is 24.4 Å². The van der Waals surface area contributed by atoms with Gasteiger partial charge in [-0.15, -0.1) is 0 Å². The van der Waals surface area contributed by atoms with Crippen LogP contribution in [-0.4, -0.2) is 5.78 Å². The van der Waals surface area contributed by atoms with Crippen molar-refractivity contribution in [2.24, 2.45) is 5.92 Å². The van der Waals surface area contributed by atoms with E-state index in [1.54, 1.807) is 12.5 Å². The first-order valence-electron chi connectivity index (χ1n) is 7.15. The third-order valence-electron chi connectivity index (χ3n) is 3.94. The summed E-state index contributed by atoms with van der Waals surface area (Å²) in [5.41, 5.74) is 0. The monoisotopic (exact) mass is 273 g/mol. The van der Waals surface area contributed by atoms with E-state index in [-0.39, 0.29) is 23.8 Å². The fourth-order valence-electron chi connectivity index (χ4n) is 2.99. The van der Waals surface area contributed by atoms with Crippen LogP contribution in [0.2, 0.25) is 0 Å². The molecule has 3 rings (SSSR count). The predicted molar refractivity (Wildman–Crippen MR) is 74.1 cm³/mol. The van der Waals surface area contributed by atoms with E-state index < -0.39 is 0 Å². The van der Waals surface area contributed by atoms with Crippen molar-refractivity contribution in [2.75, 3.05) is 0 Å². The van der Waals surface area contributed by atoms with Crippen molar-refractivity contribution in [1.29, 1.82) is 0 Å². The molecule has 4 nitrogen and oxygen atoms in total. The van der Waals surface area contributed by atoms with Gasteiger partial charge in [-0.2, -0.15) is 0 Å². The normalized spacial score (nSPS) is 26.9. The number of furan rings is 2. The number of hydrogen-bond donors (Lipinski definition) is 1. The van der Waals surface area contributed by atoms with Gasteiger partial charge in [0, 0.05) is 12.3 Å². The quantitative estimate of drug-likeness (QED) is 0.924. The molecule has 0 unspecified atom stereocenters. The molecule has 20 heavy (non-hydrogen) atoms. The van der Waals surface area contributed by atoms with Gasteiger partial charge in [-0.05, 0) is 30.7 Å². The van der Waals surface area contributed by atoms with Crippen LogP contribution < -0.4 is 5.32 Å². The minimum Gasteiger partial charge on any atom is -0.468 e. The molecule has 106 valence electrons. The summed E-state index contributed by atoms with van der Waals surface area (Å²) in [6, 6.07) is 7.41. The third kappa shape index (κ3) is 2.43. The standard InChI is InChI=1S/C16H19NO3/c1-2-5-11-13(18)10-12(14-6-3-8-19-14)17-16(11)15-7-4-9-20-15/h3-4,6-9,11-12,16-17H,2,5,10H2,1H3/t11-,12-,16+/m1/s1. The van der Waals surface area contributed by atoms with Crippen molar-refractivity contribution >= 4 is 5.78 Å². The lowest BCUT2D eigenvalue weighted by molar-refractivity contribution is -0.127. The van der Waals surface area contributed by atoms with Crippen LogP contribution in [0.15, 0.2) is 45.6 Å². The van der Waals surface area contributed by atoms with Gasteiger partial charge in [0.2, 0.25) is 0 Å². The van der Waals surface area contributed by atoms with Crippen molar-refractivity contribution in [1.82, 2.24) is 5.32 Å². The maximum absolute atomic E-state index is 12.5. The van der Waals surface area contributed by atoms with Crippen LogP contribution in [-0.2, 0) is 4.79 Å². The Balaban J connectivity index is 1.87. The molecule has 2 aromatic rings. The maximum Gasteiger partial charge on any atom is 0.140 e. The van der Waals surface area contributed by atoms with Gasteiger partial charge >= 0.3 is 0 Å². The summed E-state index contributed by atoms with van der Waals surface area (Å²) < 4.78 is 11.0. The van der Waals surface area contributed by atoms with Crippen LogP contribution >= 0.6 is 0 Å². The number of nitrogens with one attached hydrogen (secondary N) is 1. The Hall–Kier alpha value is -1.81. The minimum absolute atomic E-state index is 0.0163. The van der Waals surface area contributed by atoms with Crippen LogP contribution in [0.25, 0.3) is 0 Å². The topological polar surface area (TPSA) is 55.4 Å². The zero-order chi connectivity index (χ0) is 13.9. The van der Waals surface area contributed by atoms with E-state index in [2.05, 4.69) is 12.2 Å². The molecule has 1 aliphatic rings. The molecule has 2 aromatic heterocycles. The maximum atomic E-state index is 12.5. The number of piperidine rings is 1. The summed E-state index contributed by atoms with van der Waals surface area (Å²) in [5, 5.41) is 3.52. The lowest BCUT2D eigenvalue weighted by Gasteiger charge is -2.34. The van der Waals surface area contributed by atoms with E-state index in [0.29, 0.717) is 6.42 Å². The molecule has 0 spiro atoms. The van der Waals surface area contributed by atoms with E-state index in [1.165, 1.54) is 0 Å². The van der Waals surface area contributed by atoms with Gasteiger partial charge in [0.05, 0.1) is 24.6 Å². The molecular formula is C16H19NO3. The Morgan fingerprint density at radius 2 is 1.90 bits per heavy atom. The Kier molecular flexibility index (Phi) is 3.74. The zero-order valence-electron chi connectivity index (χ0n) is 11.5.